The van der Waals surface area contributed by atoms with Gasteiger partial charge in [0.2, 0.25) is 5.91 Å². The molecule has 0 aromatic carbocycles. The zero-order valence-electron chi connectivity index (χ0n) is 11.7. The van der Waals surface area contributed by atoms with E-state index in [1.807, 2.05) is 0 Å². The summed E-state index contributed by atoms with van der Waals surface area (Å²) in [6, 6.07) is 0.310. The van der Waals surface area contributed by atoms with Crippen LogP contribution in [0.2, 0.25) is 0 Å². The highest BCUT2D eigenvalue weighted by molar-refractivity contribution is 8.01. The van der Waals surface area contributed by atoms with E-state index in [-0.39, 0.29) is 5.91 Å². The van der Waals surface area contributed by atoms with Crippen molar-refractivity contribution < 1.29 is 4.79 Å². The van der Waals surface area contributed by atoms with Gasteiger partial charge in [0.1, 0.15) is 0 Å². The number of nitrogens with one attached hydrogen (secondary N) is 1. The summed E-state index contributed by atoms with van der Waals surface area (Å²) in [5, 5.41) is 3.74. The molecular weight excluding hydrogens is 290 g/mol. The second-order valence-electron chi connectivity index (χ2n) is 6.00. The van der Waals surface area contributed by atoms with Crippen LogP contribution in [0.25, 0.3) is 0 Å². The van der Waals surface area contributed by atoms with E-state index in [1.54, 1.807) is 6.20 Å². The Kier molecular flexibility index (Phi) is 4.21. The quantitative estimate of drug-likeness (QED) is 0.821. The molecule has 3 rings (SSSR count). The van der Waals surface area contributed by atoms with Gasteiger partial charge in [-0.05, 0) is 43.9 Å². The van der Waals surface area contributed by atoms with E-state index in [1.165, 1.54) is 48.8 Å². The zero-order valence-corrected chi connectivity index (χ0v) is 13.3. The van der Waals surface area contributed by atoms with E-state index in [0.29, 0.717) is 22.8 Å². The molecule has 2 fully saturated rings. The topological polar surface area (TPSA) is 68.0 Å². The number of carbonyl (C=O) groups is 1. The van der Waals surface area contributed by atoms with Gasteiger partial charge < -0.3 is 11.1 Å². The van der Waals surface area contributed by atoms with Crippen LogP contribution in [0.3, 0.4) is 0 Å². The van der Waals surface area contributed by atoms with Crippen LogP contribution in [0.1, 0.15) is 32.6 Å². The van der Waals surface area contributed by atoms with Gasteiger partial charge in [-0.15, -0.1) is 11.8 Å². The molecule has 3 N–H and O–H groups in total. The number of hydrogen-bond acceptors (Lipinski definition) is 5. The van der Waals surface area contributed by atoms with Crippen molar-refractivity contribution in [1.82, 2.24) is 10.3 Å². The SMILES string of the molecule is CC(NC(=O)CSc1cnc(N)s1)C1CC2CCC1C2. The number of nitrogens with zero attached hydrogens (tertiary/aromatic N) is 1. The van der Waals surface area contributed by atoms with E-state index >= 15 is 0 Å². The molecule has 1 amide bonds. The van der Waals surface area contributed by atoms with Crippen LogP contribution in [-0.2, 0) is 4.79 Å². The molecule has 4 nitrogen and oxygen atoms in total. The van der Waals surface area contributed by atoms with Gasteiger partial charge in [0.05, 0.1) is 16.2 Å². The Morgan fingerprint density at radius 3 is 3.05 bits per heavy atom. The van der Waals surface area contributed by atoms with Crippen molar-refractivity contribution >= 4 is 34.1 Å². The number of hydrogen-bond donors (Lipinski definition) is 2. The molecule has 0 saturated heterocycles. The van der Waals surface area contributed by atoms with Crippen molar-refractivity contribution in [2.75, 3.05) is 11.5 Å². The van der Waals surface area contributed by atoms with Crippen molar-refractivity contribution in [1.29, 1.82) is 0 Å². The summed E-state index contributed by atoms with van der Waals surface area (Å²) in [4.78, 5) is 16.0. The molecule has 110 valence electrons. The monoisotopic (exact) mass is 311 g/mol. The van der Waals surface area contributed by atoms with Crippen LogP contribution in [0.15, 0.2) is 10.4 Å². The number of amides is 1. The van der Waals surface area contributed by atoms with E-state index < -0.39 is 0 Å². The Hall–Kier alpha value is -0.750. The Balaban J connectivity index is 1.44. The number of anilines is 1. The minimum atomic E-state index is 0.122. The van der Waals surface area contributed by atoms with Crippen LogP contribution in [-0.4, -0.2) is 22.7 Å². The molecule has 1 aromatic rings. The minimum Gasteiger partial charge on any atom is -0.375 e. The summed E-state index contributed by atoms with van der Waals surface area (Å²) in [7, 11) is 0. The largest absolute Gasteiger partial charge is 0.375 e. The maximum atomic E-state index is 12.0. The summed E-state index contributed by atoms with van der Waals surface area (Å²) in [5.74, 6) is 3.05. The third-order valence-corrected chi connectivity index (χ3v) is 6.69. The van der Waals surface area contributed by atoms with Crippen LogP contribution in [0, 0.1) is 17.8 Å². The Morgan fingerprint density at radius 1 is 1.60 bits per heavy atom. The van der Waals surface area contributed by atoms with Crippen molar-refractivity contribution in [3.63, 3.8) is 0 Å². The van der Waals surface area contributed by atoms with Crippen LogP contribution in [0.4, 0.5) is 5.13 Å². The first-order valence-electron chi connectivity index (χ1n) is 7.25. The number of nitrogen functional groups attached to an aromatic ring is 1. The molecule has 0 radical (unpaired) electrons. The summed E-state index contributed by atoms with van der Waals surface area (Å²) in [5.41, 5.74) is 5.58. The van der Waals surface area contributed by atoms with Crippen LogP contribution < -0.4 is 11.1 Å². The van der Waals surface area contributed by atoms with Crippen molar-refractivity contribution in [2.45, 2.75) is 42.9 Å². The van der Waals surface area contributed by atoms with Gasteiger partial charge in [0.25, 0.3) is 0 Å². The molecule has 2 aliphatic carbocycles. The summed E-state index contributed by atoms with van der Waals surface area (Å²) in [6.45, 7) is 2.17. The second kappa shape index (κ2) is 5.93. The van der Waals surface area contributed by atoms with Gasteiger partial charge in [-0.25, -0.2) is 4.98 Å². The Labute approximate surface area is 127 Å². The highest BCUT2D eigenvalue weighted by Crippen LogP contribution is 2.49. The summed E-state index contributed by atoms with van der Waals surface area (Å²) in [6.07, 6.45) is 7.20. The molecule has 6 heteroatoms. The lowest BCUT2D eigenvalue weighted by Crippen LogP contribution is -2.40. The molecule has 1 aromatic heterocycles. The second-order valence-corrected chi connectivity index (χ2v) is 8.34. The first-order chi connectivity index (χ1) is 9.61. The maximum absolute atomic E-state index is 12.0. The fourth-order valence-corrected chi connectivity index (χ4v) is 5.35. The van der Waals surface area contributed by atoms with E-state index in [9.17, 15) is 4.79 Å². The fourth-order valence-electron chi connectivity index (χ4n) is 3.78. The predicted octanol–water partition coefficient (Wildman–Crippen LogP) is 2.76. The van der Waals surface area contributed by atoms with Crippen molar-refractivity contribution in [3.05, 3.63) is 6.20 Å². The van der Waals surface area contributed by atoms with Crippen LogP contribution >= 0.6 is 23.1 Å². The number of rotatable bonds is 5. The number of thiazole rings is 1. The smallest absolute Gasteiger partial charge is 0.230 e. The Bertz CT molecular complexity index is 491. The molecule has 20 heavy (non-hydrogen) atoms. The number of carbonyl (C=O) groups excluding carboxylic acids is 1. The number of fused-ring (bicyclic) bond motifs is 2. The van der Waals surface area contributed by atoms with Gasteiger partial charge in [0, 0.05) is 6.04 Å². The molecule has 1 heterocycles. The standard InChI is InChI=1S/C14H21N3OS2/c1-8(11-5-9-2-3-10(11)4-9)17-12(18)7-19-13-6-16-14(15)20-13/h6,8-11H,2-5,7H2,1H3,(H2,15,16)(H,17,18). The number of aromatic nitrogens is 1. The third-order valence-electron chi connectivity index (χ3n) is 4.67. The first kappa shape index (κ1) is 14.2. The molecule has 0 spiro atoms. The predicted molar refractivity (Wildman–Crippen MR) is 83.8 cm³/mol. The Morgan fingerprint density at radius 2 is 2.45 bits per heavy atom. The van der Waals surface area contributed by atoms with Gasteiger partial charge in [-0.3, -0.25) is 4.79 Å². The van der Waals surface area contributed by atoms with Gasteiger partial charge in [0.15, 0.2) is 5.13 Å². The van der Waals surface area contributed by atoms with Crippen molar-refractivity contribution in [2.24, 2.45) is 17.8 Å². The lowest BCUT2D eigenvalue weighted by atomic mass is 9.84. The van der Waals surface area contributed by atoms with Gasteiger partial charge >= 0.3 is 0 Å². The van der Waals surface area contributed by atoms with E-state index in [4.69, 9.17) is 5.73 Å². The summed E-state index contributed by atoms with van der Waals surface area (Å²) < 4.78 is 1.00. The molecule has 2 aliphatic rings. The highest BCUT2D eigenvalue weighted by Gasteiger charge is 2.42. The minimum absolute atomic E-state index is 0.122. The van der Waals surface area contributed by atoms with Crippen molar-refractivity contribution in [3.8, 4) is 0 Å². The highest BCUT2D eigenvalue weighted by atomic mass is 32.2. The maximum Gasteiger partial charge on any atom is 0.230 e. The molecule has 2 bridgehead atoms. The average molecular weight is 311 g/mol. The summed E-state index contributed by atoms with van der Waals surface area (Å²) >= 11 is 2.95. The van der Waals surface area contributed by atoms with Gasteiger partial charge in [-0.1, -0.05) is 17.8 Å². The number of nitrogens with two attached hydrogens (primary N) is 1. The normalized spacial score (nSPS) is 29.6. The molecule has 0 aliphatic heterocycles. The number of thioether (sulfide) groups is 1. The lowest BCUT2D eigenvalue weighted by Gasteiger charge is -2.28. The third kappa shape index (κ3) is 3.11. The van der Waals surface area contributed by atoms with E-state index in [0.717, 1.165) is 16.0 Å². The molecule has 4 unspecified atom stereocenters. The average Bonchev–Trinajstić information content (AvgIpc) is 3.12. The van der Waals surface area contributed by atoms with Crippen LogP contribution in [0.5, 0.6) is 0 Å². The molecule has 4 atom stereocenters. The lowest BCUT2D eigenvalue weighted by molar-refractivity contribution is -0.119. The molecule has 2 saturated carbocycles. The van der Waals surface area contributed by atoms with Gasteiger partial charge in [-0.2, -0.15) is 0 Å². The van der Waals surface area contributed by atoms with E-state index in [2.05, 4.69) is 17.2 Å². The zero-order chi connectivity index (χ0) is 14.1. The fraction of sp³-hybridized carbons (Fsp3) is 0.714. The first-order valence-corrected chi connectivity index (χ1v) is 9.05. The molecular formula is C14H21N3OS2.